The fourth-order valence-electron chi connectivity index (χ4n) is 0.780. The number of carbonyl (C=O) groups is 1. The molecule has 0 spiro atoms. The molecule has 1 aromatic rings. The first-order valence-corrected chi connectivity index (χ1v) is 4.48. The number of benzene rings is 1. The highest BCUT2D eigenvalue weighted by molar-refractivity contribution is 9.10. The minimum atomic E-state index is 0.627. The zero-order chi connectivity index (χ0) is 8.97. The molecule has 0 fully saturated rings. The monoisotopic (exact) mass is 244 g/mol. The van der Waals surface area contributed by atoms with E-state index in [0.717, 1.165) is 16.3 Å². The van der Waals surface area contributed by atoms with Crippen LogP contribution in [0.2, 0.25) is 5.02 Å². The highest BCUT2D eigenvalue weighted by Gasteiger charge is 1.95. The molecule has 3 heteroatoms. The molecule has 0 unspecified atom stereocenters. The number of hydrogen-bond donors (Lipinski definition) is 0. The van der Waals surface area contributed by atoms with Crippen LogP contribution in [0, 0.1) is 0 Å². The lowest BCUT2D eigenvalue weighted by Gasteiger charge is -1.97. The average molecular weight is 246 g/mol. The smallest absolute Gasteiger partial charge is 0.142 e. The second-order valence-corrected chi connectivity index (χ2v) is 3.48. The van der Waals surface area contributed by atoms with Gasteiger partial charge in [-0.1, -0.05) is 39.7 Å². The van der Waals surface area contributed by atoms with E-state index in [-0.39, 0.29) is 0 Å². The predicted octanol–water partition coefficient (Wildman–Crippen LogP) is 3.31. The number of rotatable bonds is 2. The van der Waals surface area contributed by atoms with Crippen molar-refractivity contribution in [3.8, 4) is 0 Å². The van der Waals surface area contributed by atoms with Crippen LogP contribution >= 0.6 is 27.5 Å². The molecule has 0 aliphatic heterocycles. The van der Waals surface area contributed by atoms with Crippen LogP contribution in [0.3, 0.4) is 0 Å². The highest BCUT2D eigenvalue weighted by Crippen LogP contribution is 2.21. The summed E-state index contributed by atoms with van der Waals surface area (Å²) in [5, 5.41) is 0.627. The molecule has 0 N–H and O–H groups in total. The fraction of sp³-hybridized carbons (Fsp3) is 0. The normalized spacial score (nSPS) is 10.5. The van der Waals surface area contributed by atoms with Gasteiger partial charge >= 0.3 is 0 Å². The van der Waals surface area contributed by atoms with Crippen molar-refractivity contribution in [1.82, 2.24) is 0 Å². The molecule has 0 saturated carbocycles. The van der Waals surface area contributed by atoms with Crippen molar-refractivity contribution in [3.63, 3.8) is 0 Å². The van der Waals surface area contributed by atoms with E-state index in [1.165, 1.54) is 6.08 Å². The van der Waals surface area contributed by atoms with E-state index in [1.807, 2.05) is 12.1 Å². The quantitative estimate of drug-likeness (QED) is 0.577. The molecule has 0 bridgehead atoms. The SMILES string of the molecule is O=C/C=C/c1ccc(Br)cc1Cl. The summed E-state index contributed by atoms with van der Waals surface area (Å²) in [6, 6.07) is 5.49. The summed E-state index contributed by atoms with van der Waals surface area (Å²) in [5.74, 6) is 0. The van der Waals surface area contributed by atoms with Gasteiger partial charge < -0.3 is 0 Å². The predicted molar refractivity (Wildman–Crippen MR) is 54.3 cm³/mol. The average Bonchev–Trinajstić information content (AvgIpc) is 2.03. The number of hydrogen-bond acceptors (Lipinski definition) is 1. The van der Waals surface area contributed by atoms with Crippen LogP contribution < -0.4 is 0 Å². The molecule has 0 radical (unpaired) electrons. The molecule has 12 heavy (non-hydrogen) atoms. The Morgan fingerprint density at radius 3 is 2.75 bits per heavy atom. The number of allylic oxidation sites excluding steroid dienone is 1. The summed E-state index contributed by atoms with van der Waals surface area (Å²) in [4.78, 5) is 10.0. The molecular weight excluding hydrogens is 239 g/mol. The summed E-state index contributed by atoms with van der Waals surface area (Å²) < 4.78 is 0.927. The van der Waals surface area contributed by atoms with Gasteiger partial charge in [0, 0.05) is 9.50 Å². The summed E-state index contributed by atoms with van der Waals surface area (Å²) >= 11 is 9.15. The molecule has 0 heterocycles. The van der Waals surface area contributed by atoms with Gasteiger partial charge in [-0.25, -0.2) is 0 Å². The Bertz CT molecular complexity index is 320. The van der Waals surface area contributed by atoms with Crippen LogP contribution in [-0.2, 0) is 4.79 Å². The zero-order valence-electron chi connectivity index (χ0n) is 6.13. The molecule has 1 rings (SSSR count). The minimum Gasteiger partial charge on any atom is -0.299 e. The topological polar surface area (TPSA) is 17.1 Å². The van der Waals surface area contributed by atoms with Crippen LogP contribution in [0.4, 0.5) is 0 Å². The standard InChI is InChI=1S/C9H6BrClO/c10-8-4-3-7(2-1-5-12)9(11)6-8/h1-6H/b2-1+. The molecule has 0 aliphatic carbocycles. The Morgan fingerprint density at radius 1 is 1.42 bits per heavy atom. The third-order valence-corrected chi connectivity index (χ3v) is 2.14. The van der Waals surface area contributed by atoms with E-state index in [1.54, 1.807) is 12.1 Å². The van der Waals surface area contributed by atoms with Gasteiger partial charge in [0.1, 0.15) is 6.29 Å². The van der Waals surface area contributed by atoms with Gasteiger partial charge in [-0.15, -0.1) is 0 Å². The summed E-state index contributed by atoms with van der Waals surface area (Å²) in [6.45, 7) is 0. The van der Waals surface area contributed by atoms with Crippen LogP contribution in [0.15, 0.2) is 28.7 Å². The maximum atomic E-state index is 10.0. The van der Waals surface area contributed by atoms with Gasteiger partial charge in [0.25, 0.3) is 0 Å². The van der Waals surface area contributed by atoms with Crippen LogP contribution in [0.25, 0.3) is 6.08 Å². The zero-order valence-corrected chi connectivity index (χ0v) is 8.47. The van der Waals surface area contributed by atoms with E-state index < -0.39 is 0 Å². The summed E-state index contributed by atoms with van der Waals surface area (Å²) in [5.41, 5.74) is 0.840. The largest absolute Gasteiger partial charge is 0.299 e. The van der Waals surface area contributed by atoms with Gasteiger partial charge in [-0.3, -0.25) is 4.79 Å². The number of halogens is 2. The first kappa shape index (κ1) is 9.49. The third kappa shape index (κ3) is 2.47. The van der Waals surface area contributed by atoms with Gasteiger partial charge in [-0.05, 0) is 23.8 Å². The first-order valence-electron chi connectivity index (χ1n) is 3.31. The van der Waals surface area contributed by atoms with E-state index in [2.05, 4.69) is 15.9 Å². The van der Waals surface area contributed by atoms with Crippen molar-refractivity contribution < 1.29 is 4.79 Å². The van der Waals surface area contributed by atoms with Gasteiger partial charge in [0.15, 0.2) is 0 Å². The number of carbonyl (C=O) groups excluding carboxylic acids is 1. The lowest BCUT2D eigenvalue weighted by atomic mass is 10.2. The van der Waals surface area contributed by atoms with Crippen LogP contribution in [0.5, 0.6) is 0 Å². The Balaban J connectivity index is 3.01. The van der Waals surface area contributed by atoms with Crippen molar-refractivity contribution in [2.24, 2.45) is 0 Å². The van der Waals surface area contributed by atoms with Gasteiger partial charge in [0.05, 0.1) is 0 Å². The molecule has 0 aliphatic rings. The van der Waals surface area contributed by atoms with E-state index >= 15 is 0 Å². The third-order valence-electron chi connectivity index (χ3n) is 1.32. The maximum absolute atomic E-state index is 10.0. The van der Waals surface area contributed by atoms with Crippen molar-refractivity contribution in [3.05, 3.63) is 39.3 Å². The van der Waals surface area contributed by atoms with Crippen LogP contribution in [0.1, 0.15) is 5.56 Å². The van der Waals surface area contributed by atoms with Gasteiger partial charge in [0.2, 0.25) is 0 Å². The molecule has 0 aromatic heterocycles. The molecule has 1 nitrogen and oxygen atoms in total. The fourth-order valence-corrected chi connectivity index (χ4v) is 1.52. The van der Waals surface area contributed by atoms with Crippen molar-refractivity contribution in [2.75, 3.05) is 0 Å². The Labute approximate surface area is 84.2 Å². The summed E-state index contributed by atoms with van der Waals surface area (Å²) in [6.07, 6.45) is 3.80. The summed E-state index contributed by atoms with van der Waals surface area (Å²) in [7, 11) is 0. The van der Waals surface area contributed by atoms with E-state index in [0.29, 0.717) is 5.02 Å². The molecule has 0 amide bonds. The highest BCUT2D eigenvalue weighted by atomic mass is 79.9. The van der Waals surface area contributed by atoms with Crippen molar-refractivity contribution in [2.45, 2.75) is 0 Å². The van der Waals surface area contributed by atoms with Crippen molar-refractivity contribution >= 4 is 39.9 Å². The molecule has 62 valence electrons. The molecule has 0 saturated heterocycles. The number of aldehydes is 1. The second-order valence-electron chi connectivity index (χ2n) is 2.16. The first-order chi connectivity index (χ1) is 5.74. The Hall–Kier alpha value is -0.600. The second kappa shape index (κ2) is 4.43. The van der Waals surface area contributed by atoms with E-state index in [9.17, 15) is 4.79 Å². The lowest BCUT2D eigenvalue weighted by Crippen LogP contribution is -1.74. The van der Waals surface area contributed by atoms with Crippen molar-refractivity contribution in [1.29, 1.82) is 0 Å². The Morgan fingerprint density at radius 2 is 2.17 bits per heavy atom. The van der Waals surface area contributed by atoms with E-state index in [4.69, 9.17) is 11.6 Å². The lowest BCUT2D eigenvalue weighted by molar-refractivity contribution is -0.104. The Kier molecular flexibility index (Phi) is 3.50. The minimum absolute atomic E-state index is 0.627. The molecule has 0 atom stereocenters. The molecule has 1 aromatic carbocycles. The maximum Gasteiger partial charge on any atom is 0.142 e. The van der Waals surface area contributed by atoms with Gasteiger partial charge in [-0.2, -0.15) is 0 Å². The van der Waals surface area contributed by atoms with Crippen LogP contribution in [-0.4, -0.2) is 6.29 Å². The molecular formula is C9H6BrClO.